The number of nitrogens with zero attached hydrogens (tertiary/aromatic N) is 3. The highest BCUT2D eigenvalue weighted by molar-refractivity contribution is 6.21. The molecule has 3 amide bonds. The van der Waals surface area contributed by atoms with Crippen molar-refractivity contribution >= 4 is 23.6 Å². The Labute approximate surface area is 260 Å². The number of nitrogens with one attached hydrogen (secondary N) is 1. The highest BCUT2D eigenvalue weighted by atomic mass is 16.6. The predicted octanol–water partition coefficient (Wildman–Crippen LogP) is 6.05. The van der Waals surface area contributed by atoms with Crippen molar-refractivity contribution in [3.8, 4) is 11.1 Å². The molecule has 3 aromatic carbocycles. The first-order valence-corrected chi connectivity index (χ1v) is 16.0. The quantitative estimate of drug-likeness (QED) is 0.253. The summed E-state index contributed by atoms with van der Waals surface area (Å²) in [6.07, 6.45) is 5.75. The number of carbonyl (C=O) groups excluding carboxylic acids is 3. The van der Waals surface area contributed by atoms with E-state index in [4.69, 9.17) is 4.74 Å². The molecule has 1 N–H and O–H groups in total. The lowest BCUT2D eigenvalue weighted by molar-refractivity contribution is -0.917. The van der Waals surface area contributed by atoms with Gasteiger partial charge in [0, 0.05) is 25.1 Å². The van der Waals surface area contributed by atoms with Gasteiger partial charge in [-0.3, -0.25) is 24.7 Å². The van der Waals surface area contributed by atoms with Gasteiger partial charge in [0.25, 0.3) is 11.8 Å². The first kappa shape index (κ1) is 30.0. The van der Waals surface area contributed by atoms with Crippen LogP contribution >= 0.6 is 0 Å². The third-order valence-electron chi connectivity index (χ3n) is 9.84. The molecule has 2 aliphatic heterocycles. The van der Waals surface area contributed by atoms with Crippen LogP contribution < -0.4 is 5.32 Å². The van der Waals surface area contributed by atoms with Crippen molar-refractivity contribution < 1.29 is 23.6 Å². The standard InChI is InChI=1S/C36H42N4O4/c1-40(2,25-24-39-34(41)29-15-6-7-16-30(29)35(39)42)33-19-11-10-18-32(33)38-22-20-27(21-23-38)44-36(43)37-31-17-9-8-14-28(31)26-12-4-3-5-13-26/h3-9,12-17,27,32-33H,10-11,18-25H2,1-2H3/p+1. The molecule has 2 fully saturated rings. The molecule has 3 aliphatic rings. The number of quaternary nitrogens is 1. The molecular weight excluding hydrogens is 552 g/mol. The van der Waals surface area contributed by atoms with Crippen molar-refractivity contribution in [3.05, 3.63) is 90.0 Å². The summed E-state index contributed by atoms with van der Waals surface area (Å²) in [7, 11) is 4.49. The van der Waals surface area contributed by atoms with Gasteiger partial charge in [0.1, 0.15) is 12.1 Å². The number of anilines is 1. The molecule has 0 radical (unpaired) electrons. The monoisotopic (exact) mass is 595 g/mol. The first-order valence-electron chi connectivity index (χ1n) is 16.0. The topological polar surface area (TPSA) is 79.0 Å². The zero-order valence-corrected chi connectivity index (χ0v) is 25.8. The number of likely N-dealkylation sites (N-methyl/N-ethyl adjacent to an activating group) is 1. The Hall–Kier alpha value is -4.01. The minimum Gasteiger partial charge on any atom is -0.446 e. The number of fused-ring (bicyclic) bond motifs is 1. The summed E-state index contributed by atoms with van der Waals surface area (Å²) in [5.41, 5.74) is 3.78. The van der Waals surface area contributed by atoms with E-state index in [0.717, 1.165) is 66.6 Å². The van der Waals surface area contributed by atoms with Crippen molar-refractivity contribution in [2.24, 2.45) is 0 Å². The maximum Gasteiger partial charge on any atom is 0.411 e. The Morgan fingerprint density at radius 3 is 2.07 bits per heavy atom. The number of hydrogen-bond donors (Lipinski definition) is 1. The molecule has 3 aromatic rings. The Morgan fingerprint density at radius 1 is 0.795 bits per heavy atom. The van der Waals surface area contributed by atoms with E-state index < -0.39 is 6.09 Å². The Morgan fingerprint density at radius 2 is 1.39 bits per heavy atom. The first-order chi connectivity index (χ1) is 21.3. The van der Waals surface area contributed by atoms with Crippen molar-refractivity contribution in [2.45, 2.75) is 56.7 Å². The summed E-state index contributed by atoms with van der Waals surface area (Å²) >= 11 is 0. The van der Waals surface area contributed by atoms with Gasteiger partial charge in [-0.05, 0) is 49.4 Å². The van der Waals surface area contributed by atoms with Crippen molar-refractivity contribution in [3.63, 3.8) is 0 Å². The molecular formula is C36H43N4O4+. The number of rotatable bonds is 8. The highest BCUT2D eigenvalue weighted by Crippen LogP contribution is 2.33. The molecule has 0 aromatic heterocycles. The molecule has 8 nitrogen and oxygen atoms in total. The van der Waals surface area contributed by atoms with Crippen molar-refractivity contribution in [1.29, 1.82) is 0 Å². The van der Waals surface area contributed by atoms with E-state index in [2.05, 4.69) is 24.3 Å². The largest absolute Gasteiger partial charge is 0.446 e. The maximum absolute atomic E-state index is 13.0. The zero-order chi connectivity index (χ0) is 30.7. The number of amides is 3. The maximum atomic E-state index is 13.0. The smallest absolute Gasteiger partial charge is 0.411 e. The van der Waals surface area contributed by atoms with E-state index in [1.165, 1.54) is 17.7 Å². The molecule has 8 heteroatoms. The zero-order valence-electron chi connectivity index (χ0n) is 25.8. The summed E-state index contributed by atoms with van der Waals surface area (Å²) in [6.45, 7) is 2.91. The average molecular weight is 596 g/mol. The molecule has 0 bridgehead atoms. The fourth-order valence-corrected chi connectivity index (χ4v) is 7.38. The minimum atomic E-state index is -0.409. The van der Waals surface area contributed by atoms with Crippen LogP contribution in [0.3, 0.4) is 0 Å². The third kappa shape index (κ3) is 6.28. The second-order valence-electron chi connectivity index (χ2n) is 12.9. The van der Waals surface area contributed by atoms with Crippen LogP contribution in [-0.4, -0.2) is 90.7 Å². The molecule has 2 heterocycles. The van der Waals surface area contributed by atoms with E-state index in [9.17, 15) is 14.4 Å². The van der Waals surface area contributed by atoms with Gasteiger partial charge in [0.05, 0.1) is 50.0 Å². The molecule has 6 rings (SSSR count). The fraction of sp³-hybridized carbons (Fsp3) is 0.417. The molecule has 1 saturated heterocycles. The number of imide groups is 1. The highest BCUT2D eigenvalue weighted by Gasteiger charge is 2.43. The fourth-order valence-electron chi connectivity index (χ4n) is 7.38. The van der Waals surface area contributed by atoms with E-state index in [0.29, 0.717) is 29.8 Å². The van der Waals surface area contributed by atoms with Crippen LogP contribution in [0.25, 0.3) is 11.1 Å². The molecule has 1 aliphatic carbocycles. The second kappa shape index (κ2) is 12.9. The van der Waals surface area contributed by atoms with Gasteiger partial charge in [0.15, 0.2) is 0 Å². The van der Waals surface area contributed by atoms with Gasteiger partial charge in [-0.25, -0.2) is 4.79 Å². The predicted molar refractivity (Wildman–Crippen MR) is 171 cm³/mol. The van der Waals surface area contributed by atoms with E-state index in [1.807, 2.05) is 66.7 Å². The molecule has 2 unspecified atom stereocenters. The van der Waals surface area contributed by atoms with Gasteiger partial charge in [0.2, 0.25) is 0 Å². The number of ether oxygens (including phenoxy) is 1. The van der Waals surface area contributed by atoms with Gasteiger partial charge in [-0.1, -0.05) is 67.1 Å². The van der Waals surface area contributed by atoms with Crippen LogP contribution in [0.2, 0.25) is 0 Å². The van der Waals surface area contributed by atoms with Crippen LogP contribution in [-0.2, 0) is 4.74 Å². The summed E-state index contributed by atoms with van der Waals surface area (Å²) in [4.78, 5) is 42.9. The number of likely N-dealkylation sites (tertiary alicyclic amines) is 1. The van der Waals surface area contributed by atoms with Crippen LogP contribution in [0, 0.1) is 0 Å². The molecule has 2 atom stereocenters. The van der Waals surface area contributed by atoms with E-state index in [1.54, 1.807) is 12.1 Å². The normalized spacial score (nSPS) is 21.3. The Kier molecular flexibility index (Phi) is 8.82. The van der Waals surface area contributed by atoms with Crippen molar-refractivity contribution in [1.82, 2.24) is 9.80 Å². The molecule has 1 saturated carbocycles. The van der Waals surface area contributed by atoms with Gasteiger partial charge < -0.3 is 9.22 Å². The molecule has 44 heavy (non-hydrogen) atoms. The minimum absolute atomic E-state index is 0.117. The SMILES string of the molecule is C[N+](C)(CCN1C(=O)c2ccccc2C1=O)C1CCCCC1N1CCC(OC(=O)Nc2ccccc2-c2ccccc2)CC1. The lowest BCUT2D eigenvalue weighted by Crippen LogP contribution is -2.63. The summed E-state index contributed by atoms with van der Waals surface area (Å²) in [5, 5.41) is 2.98. The van der Waals surface area contributed by atoms with Crippen LogP contribution in [0.4, 0.5) is 10.5 Å². The van der Waals surface area contributed by atoms with Gasteiger partial charge >= 0.3 is 6.09 Å². The van der Waals surface area contributed by atoms with Crippen LogP contribution in [0.5, 0.6) is 0 Å². The van der Waals surface area contributed by atoms with Crippen LogP contribution in [0.1, 0.15) is 59.2 Å². The Bertz CT molecular complexity index is 1460. The number of para-hydroxylation sites is 1. The summed E-state index contributed by atoms with van der Waals surface area (Å²) < 4.78 is 6.67. The number of piperidine rings is 1. The number of carbonyl (C=O) groups is 3. The average Bonchev–Trinajstić information content (AvgIpc) is 3.29. The summed E-state index contributed by atoms with van der Waals surface area (Å²) in [5.74, 6) is -0.360. The second-order valence-corrected chi connectivity index (χ2v) is 12.9. The number of hydrogen-bond acceptors (Lipinski definition) is 5. The van der Waals surface area contributed by atoms with Crippen LogP contribution in [0.15, 0.2) is 78.9 Å². The lowest BCUT2D eigenvalue weighted by atomic mass is 9.85. The third-order valence-corrected chi connectivity index (χ3v) is 9.84. The van der Waals surface area contributed by atoms with Gasteiger partial charge in [-0.2, -0.15) is 0 Å². The lowest BCUT2D eigenvalue weighted by Gasteiger charge is -2.49. The summed E-state index contributed by atoms with van der Waals surface area (Å²) in [6, 6.07) is 25.8. The van der Waals surface area contributed by atoms with Gasteiger partial charge in [-0.15, -0.1) is 0 Å². The number of benzene rings is 3. The van der Waals surface area contributed by atoms with E-state index >= 15 is 0 Å². The molecule has 230 valence electrons. The van der Waals surface area contributed by atoms with E-state index in [-0.39, 0.29) is 17.9 Å². The molecule has 0 spiro atoms. The Balaban J connectivity index is 1.03. The van der Waals surface area contributed by atoms with Crippen molar-refractivity contribution in [2.75, 3.05) is 45.6 Å².